The first kappa shape index (κ1) is 14.3. The Morgan fingerprint density at radius 2 is 2.00 bits per heavy atom. The van der Waals surface area contributed by atoms with Crippen LogP contribution in [-0.2, 0) is 0 Å². The largest absolute Gasteiger partial charge is 0.336 e. The molecule has 0 amide bonds. The number of nitrogens with one attached hydrogen (secondary N) is 2. The summed E-state index contributed by atoms with van der Waals surface area (Å²) in [7, 11) is 0. The summed E-state index contributed by atoms with van der Waals surface area (Å²) in [5.41, 5.74) is 0.646. The molecule has 7 heteroatoms. The molecule has 0 spiro atoms. The SMILES string of the molecule is CC1CN(c2n[nH]c(-c3ccc(F)cc3Cl)n2)CC(C)N1. The molecule has 1 aromatic heterocycles. The second kappa shape index (κ2) is 5.61. The van der Waals surface area contributed by atoms with Gasteiger partial charge in [-0.25, -0.2) is 4.39 Å². The van der Waals surface area contributed by atoms with Crippen LogP contribution in [0, 0.1) is 5.82 Å². The van der Waals surface area contributed by atoms with Crippen LogP contribution < -0.4 is 10.2 Å². The Bertz CT molecular complexity index is 634. The van der Waals surface area contributed by atoms with Crippen LogP contribution >= 0.6 is 11.6 Å². The van der Waals surface area contributed by atoms with Crippen LogP contribution in [0.1, 0.15) is 13.8 Å². The topological polar surface area (TPSA) is 56.8 Å². The smallest absolute Gasteiger partial charge is 0.245 e. The number of H-pyrrole nitrogens is 1. The first-order valence-corrected chi connectivity index (χ1v) is 7.29. The second-order valence-corrected chi connectivity index (χ2v) is 5.89. The Morgan fingerprint density at radius 1 is 1.29 bits per heavy atom. The second-order valence-electron chi connectivity index (χ2n) is 5.48. The molecule has 1 aliphatic rings. The highest BCUT2D eigenvalue weighted by atomic mass is 35.5. The first-order valence-electron chi connectivity index (χ1n) is 6.92. The predicted molar refractivity (Wildman–Crippen MR) is 81.1 cm³/mol. The van der Waals surface area contributed by atoms with E-state index in [9.17, 15) is 4.39 Å². The van der Waals surface area contributed by atoms with Gasteiger partial charge in [0.05, 0.1) is 5.02 Å². The van der Waals surface area contributed by atoms with E-state index in [0.29, 0.717) is 34.4 Å². The third-order valence-corrected chi connectivity index (χ3v) is 3.81. The van der Waals surface area contributed by atoms with E-state index in [1.165, 1.54) is 12.1 Å². The molecule has 0 aliphatic carbocycles. The molecule has 1 fully saturated rings. The van der Waals surface area contributed by atoms with Crippen LogP contribution in [0.25, 0.3) is 11.4 Å². The van der Waals surface area contributed by atoms with E-state index in [2.05, 4.69) is 39.2 Å². The number of benzene rings is 1. The van der Waals surface area contributed by atoms with E-state index in [0.717, 1.165) is 13.1 Å². The van der Waals surface area contributed by atoms with Gasteiger partial charge in [0.15, 0.2) is 5.82 Å². The molecule has 5 nitrogen and oxygen atoms in total. The van der Waals surface area contributed by atoms with Crippen molar-refractivity contribution in [1.29, 1.82) is 0 Å². The number of anilines is 1. The highest BCUT2D eigenvalue weighted by Crippen LogP contribution is 2.27. The lowest BCUT2D eigenvalue weighted by atomic mass is 10.1. The molecule has 2 aromatic rings. The minimum atomic E-state index is -0.367. The number of aromatic nitrogens is 3. The summed E-state index contributed by atoms with van der Waals surface area (Å²) < 4.78 is 13.1. The lowest BCUT2D eigenvalue weighted by Crippen LogP contribution is -2.54. The summed E-state index contributed by atoms with van der Waals surface area (Å²) in [6.45, 7) is 5.96. The van der Waals surface area contributed by atoms with E-state index >= 15 is 0 Å². The molecule has 1 aliphatic heterocycles. The monoisotopic (exact) mass is 309 g/mol. The standard InChI is InChI=1S/C14H17ClFN5/c1-8-6-21(7-9(2)17-8)14-18-13(19-20-14)11-4-3-10(16)5-12(11)15/h3-5,8-9,17H,6-7H2,1-2H3,(H,18,19,20). The van der Waals surface area contributed by atoms with Crippen molar-refractivity contribution in [3.8, 4) is 11.4 Å². The van der Waals surface area contributed by atoms with Gasteiger partial charge in [-0.15, -0.1) is 5.10 Å². The summed E-state index contributed by atoms with van der Waals surface area (Å²) in [4.78, 5) is 6.62. The number of hydrogen-bond donors (Lipinski definition) is 2. The van der Waals surface area contributed by atoms with Gasteiger partial charge in [0.1, 0.15) is 5.82 Å². The number of rotatable bonds is 2. The molecule has 2 atom stereocenters. The van der Waals surface area contributed by atoms with Crippen molar-refractivity contribution in [1.82, 2.24) is 20.5 Å². The minimum Gasteiger partial charge on any atom is -0.336 e. The van der Waals surface area contributed by atoms with Gasteiger partial charge in [-0.2, -0.15) is 4.98 Å². The van der Waals surface area contributed by atoms with E-state index < -0.39 is 0 Å². The number of nitrogens with zero attached hydrogens (tertiary/aromatic N) is 3. The molecule has 1 saturated heterocycles. The van der Waals surface area contributed by atoms with Crippen LogP contribution in [0.4, 0.5) is 10.3 Å². The van der Waals surface area contributed by atoms with Gasteiger partial charge < -0.3 is 10.2 Å². The summed E-state index contributed by atoms with van der Waals surface area (Å²) in [5.74, 6) is 0.827. The average Bonchev–Trinajstić information content (AvgIpc) is 2.87. The predicted octanol–water partition coefficient (Wildman–Crippen LogP) is 2.45. The quantitative estimate of drug-likeness (QED) is 0.894. The summed E-state index contributed by atoms with van der Waals surface area (Å²) >= 11 is 6.05. The fraction of sp³-hybridized carbons (Fsp3) is 0.429. The van der Waals surface area contributed by atoms with Crippen molar-refractivity contribution >= 4 is 17.5 Å². The molecule has 2 heterocycles. The van der Waals surface area contributed by atoms with Crippen LogP contribution in [0.3, 0.4) is 0 Å². The molecule has 0 radical (unpaired) electrons. The van der Waals surface area contributed by atoms with Gasteiger partial charge in [0, 0.05) is 30.7 Å². The Labute approximate surface area is 127 Å². The summed E-state index contributed by atoms with van der Waals surface area (Å²) in [6.07, 6.45) is 0. The number of halogens is 2. The van der Waals surface area contributed by atoms with Crippen molar-refractivity contribution < 1.29 is 4.39 Å². The maximum absolute atomic E-state index is 13.1. The molecule has 21 heavy (non-hydrogen) atoms. The van der Waals surface area contributed by atoms with Crippen LogP contribution in [0.2, 0.25) is 5.02 Å². The number of aromatic amines is 1. The van der Waals surface area contributed by atoms with Crippen LogP contribution in [0.5, 0.6) is 0 Å². The maximum Gasteiger partial charge on any atom is 0.245 e. The van der Waals surface area contributed by atoms with Gasteiger partial charge >= 0.3 is 0 Å². The summed E-state index contributed by atoms with van der Waals surface area (Å²) in [5, 5.41) is 10.9. The Hall–Kier alpha value is -1.66. The summed E-state index contributed by atoms with van der Waals surface area (Å²) in [6, 6.07) is 4.99. The molecule has 2 N–H and O–H groups in total. The molecule has 0 bridgehead atoms. The Morgan fingerprint density at radius 3 is 2.67 bits per heavy atom. The average molecular weight is 310 g/mol. The van der Waals surface area contributed by atoms with Gasteiger partial charge in [-0.3, -0.25) is 5.10 Å². The molecule has 112 valence electrons. The van der Waals surface area contributed by atoms with Crippen molar-refractivity contribution in [2.45, 2.75) is 25.9 Å². The highest BCUT2D eigenvalue weighted by Gasteiger charge is 2.24. The first-order chi connectivity index (χ1) is 10.0. The zero-order valence-electron chi connectivity index (χ0n) is 11.9. The van der Waals surface area contributed by atoms with Crippen molar-refractivity contribution in [3.05, 3.63) is 29.0 Å². The van der Waals surface area contributed by atoms with Gasteiger partial charge in [0.25, 0.3) is 0 Å². The van der Waals surface area contributed by atoms with Crippen LogP contribution in [0.15, 0.2) is 18.2 Å². The fourth-order valence-electron chi connectivity index (χ4n) is 2.69. The third-order valence-electron chi connectivity index (χ3n) is 3.50. The van der Waals surface area contributed by atoms with Crippen molar-refractivity contribution in [3.63, 3.8) is 0 Å². The number of hydrogen-bond acceptors (Lipinski definition) is 4. The van der Waals surface area contributed by atoms with Gasteiger partial charge in [-0.1, -0.05) is 11.6 Å². The van der Waals surface area contributed by atoms with E-state index in [1.807, 2.05) is 0 Å². The molecule has 3 rings (SSSR count). The third kappa shape index (κ3) is 3.01. The zero-order valence-corrected chi connectivity index (χ0v) is 12.7. The normalized spacial score (nSPS) is 22.6. The van der Waals surface area contributed by atoms with Crippen LogP contribution in [-0.4, -0.2) is 40.4 Å². The molecular formula is C14H17ClFN5. The van der Waals surface area contributed by atoms with Crippen molar-refractivity contribution in [2.24, 2.45) is 0 Å². The lowest BCUT2D eigenvalue weighted by molar-refractivity contribution is 0.403. The number of piperazine rings is 1. The van der Waals surface area contributed by atoms with E-state index in [1.54, 1.807) is 6.07 Å². The minimum absolute atomic E-state index is 0.319. The maximum atomic E-state index is 13.1. The highest BCUT2D eigenvalue weighted by molar-refractivity contribution is 6.33. The Kier molecular flexibility index (Phi) is 3.82. The molecule has 2 unspecified atom stereocenters. The van der Waals surface area contributed by atoms with E-state index in [4.69, 9.17) is 11.6 Å². The van der Waals surface area contributed by atoms with Crippen molar-refractivity contribution in [2.75, 3.05) is 18.0 Å². The molecule has 1 aromatic carbocycles. The van der Waals surface area contributed by atoms with Gasteiger partial charge in [-0.05, 0) is 32.0 Å². The molecular weight excluding hydrogens is 293 g/mol. The van der Waals surface area contributed by atoms with E-state index in [-0.39, 0.29) is 5.82 Å². The van der Waals surface area contributed by atoms with Gasteiger partial charge in [0.2, 0.25) is 5.95 Å². The Balaban J connectivity index is 1.86. The molecule has 0 saturated carbocycles. The lowest BCUT2D eigenvalue weighted by Gasteiger charge is -2.35. The fourth-order valence-corrected chi connectivity index (χ4v) is 2.94. The zero-order chi connectivity index (χ0) is 15.0.